The van der Waals surface area contributed by atoms with Crippen molar-refractivity contribution < 1.29 is 39.4 Å². The van der Waals surface area contributed by atoms with Gasteiger partial charge in [-0.1, -0.05) is 230 Å². The summed E-state index contributed by atoms with van der Waals surface area (Å²) >= 11 is 0. The normalized spacial score (nSPS) is 18.3. The molecule has 97 heavy (non-hydrogen) atoms. The van der Waals surface area contributed by atoms with E-state index < -0.39 is 5.60 Å². The molecule has 0 spiro atoms. The van der Waals surface area contributed by atoms with Gasteiger partial charge >= 0.3 is 5.97 Å². The highest BCUT2D eigenvalue weighted by Crippen LogP contribution is 2.47. The smallest absolute Gasteiger partial charge is 0.308 e. The molecule has 0 aromatic heterocycles. The Morgan fingerprint density at radius 2 is 0.794 bits per heavy atom. The zero-order valence-corrected chi connectivity index (χ0v) is 67.9. The van der Waals surface area contributed by atoms with Crippen LogP contribution in [0.2, 0.25) is 0 Å². The average Bonchev–Trinajstić information content (AvgIpc) is 0.770. The van der Waals surface area contributed by atoms with Crippen molar-refractivity contribution in [1.82, 2.24) is 0 Å². The molecule has 0 bridgehead atoms. The molecule has 4 N–H and O–H groups in total. The van der Waals surface area contributed by atoms with Crippen LogP contribution in [0.15, 0.2) is 18.7 Å². The van der Waals surface area contributed by atoms with Crippen molar-refractivity contribution in [3.63, 3.8) is 0 Å². The third-order valence-corrected chi connectivity index (χ3v) is 22.7. The first-order valence-electron chi connectivity index (χ1n) is 39.6. The van der Waals surface area contributed by atoms with Gasteiger partial charge in [0.15, 0.2) is 0 Å². The van der Waals surface area contributed by atoms with Gasteiger partial charge < -0.3 is 34.6 Å². The third kappa shape index (κ3) is 33.0. The summed E-state index contributed by atoms with van der Waals surface area (Å²) in [5.41, 5.74) is 10.1. The lowest BCUT2D eigenvalue weighted by Crippen LogP contribution is -2.37. The molecule has 0 saturated heterocycles. The van der Waals surface area contributed by atoms with Crippen molar-refractivity contribution in [2.75, 3.05) is 0 Å². The molecular weight excluding hydrogens is 1200 g/mol. The van der Waals surface area contributed by atoms with Gasteiger partial charge in [-0.05, 0) is 250 Å². The Balaban J connectivity index is 0.000000468. The largest absolute Gasteiger partial charge is 0.508 e. The van der Waals surface area contributed by atoms with E-state index in [1.807, 2.05) is 27.7 Å². The first-order chi connectivity index (χ1) is 45.3. The van der Waals surface area contributed by atoms with Gasteiger partial charge in [-0.2, -0.15) is 0 Å². The van der Waals surface area contributed by atoms with Gasteiger partial charge in [0.2, 0.25) is 0 Å². The van der Waals surface area contributed by atoms with Gasteiger partial charge in [0, 0.05) is 18.1 Å². The number of phenols is 3. The molecule has 2 aliphatic heterocycles. The van der Waals surface area contributed by atoms with Crippen LogP contribution >= 0.6 is 0 Å². The van der Waals surface area contributed by atoms with Crippen LogP contribution in [-0.2, 0) is 17.6 Å². The fourth-order valence-electron chi connectivity index (χ4n) is 14.8. The first-order valence-corrected chi connectivity index (χ1v) is 39.6. The van der Waals surface area contributed by atoms with Gasteiger partial charge in [0.1, 0.15) is 45.7 Å². The van der Waals surface area contributed by atoms with E-state index in [-0.39, 0.29) is 28.7 Å². The molecule has 2 aliphatic rings. The van der Waals surface area contributed by atoms with Gasteiger partial charge in [0.25, 0.3) is 0 Å². The minimum Gasteiger partial charge on any atom is -0.508 e. The van der Waals surface area contributed by atoms with Crippen molar-refractivity contribution in [2.24, 2.45) is 53.3 Å². The monoisotopic (exact) mass is 1350 g/mol. The number of hydrogen-bond donors (Lipinski definition) is 4. The van der Waals surface area contributed by atoms with Crippen LogP contribution in [0.1, 0.15) is 358 Å². The fourth-order valence-corrected chi connectivity index (χ4v) is 14.8. The number of benzene rings is 3. The van der Waals surface area contributed by atoms with Gasteiger partial charge in [-0.3, -0.25) is 4.79 Å². The minimum atomic E-state index is -0.676. The molecule has 558 valence electrons. The number of aromatic hydroxyl groups is 3. The summed E-state index contributed by atoms with van der Waals surface area (Å²) in [6.45, 7) is 57.7. The predicted molar refractivity (Wildman–Crippen MR) is 418 cm³/mol. The lowest BCUT2D eigenvalue weighted by atomic mass is 9.83. The summed E-state index contributed by atoms with van der Waals surface area (Å²) in [6.07, 6.45) is 41.0. The van der Waals surface area contributed by atoms with E-state index in [2.05, 4.69) is 124 Å². The predicted octanol–water partition coefficient (Wildman–Crippen LogP) is 26.3. The molecule has 5 rings (SSSR count). The summed E-state index contributed by atoms with van der Waals surface area (Å²) in [5, 5.41) is 39.0. The Labute approximate surface area is 598 Å². The van der Waals surface area contributed by atoms with Crippen LogP contribution in [0.4, 0.5) is 0 Å². The highest BCUT2D eigenvalue weighted by atomic mass is 16.5. The molecule has 2 heterocycles. The molecule has 8 heteroatoms. The Kier molecular flexibility index (Phi) is 40.6. The zero-order valence-electron chi connectivity index (χ0n) is 67.9. The molecule has 3 aromatic carbocycles. The molecule has 3 aromatic rings. The van der Waals surface area contributed by atoms with Crippen LogP contribution in [-0.4, -0.2) is 43.2 Å². The topological polar surface area (TPSA) is 126 Å². The highest BCUT2D eigenvalue weighted by molar-refractivity contribution is 5.72. The molecule has 0 fully saturated rings. The Morgan fingerprint density at radius 1 is 0.474 bits per heavy atom. The number of carbonyl (C=O) groups is 1. The van der Waals surface area contributed by atoms with Crippen LogP contribution in [0, 0.1) is 116 Å². The van der Waals surface area contributed by atoms with Crippen molar-refractivity contribution in [3.05, 3.63) is 79.9 Å². The number of rotatable bonds is 38. The molecular formula is C89H154O8. The second kappa shape index (κ2) is 44.3. The van der Waals surface area contributed by atoms with E-state index in [1.165, 1.54) is 166 Å². The van der Waals surface area contributed by atoms with Crippen LogP contribution < -0.4 is 14.2 Å². The average molecular weight is 1350 g/mol. The maximum absolute atomic E-state index is 11.6. The maximum atomic E-state index is 11.6. The van der Waals surface area contributed by atoms with Gasteiger partial charge in [-0.15, -0.1) is 6.58 Å². The van der Waals surface area contributed by atoms with E-state index in [1.54, 1.807) is 32.9 Å². The lowest BCUT2D eigenvalue weighted by Gasteiger charge is -2.38. The fraction of sp³-hybridized carbons (Fsp3) is 0.764. The SMILES string of the molecule is C=CC(C)(O)CCCC(C)CCCC(C)CCCC(C)C.CC(=O)Oc1c(C)c(C)c2c(c1C)CCC(C)(CCCC(C)CCCC(C)CCCC(C)C)O2.Cc1c(C)c2c(c(C)c1O)CCC(C)(CCCC(C)CCCC(C)CCCC(C)C)O2.Cc1cc(O)c(C)c(C)c1O. The maximum Gasteiger partial charge on any atom is 0.308 e. The Bertz CT molecular complexity index is 2740. The number of ether oxygens (including phenoxy) is 3. The standard InChI is InChI=1S/C31H52O3.C29H50O2.C20H40O.C9H12O2/c1-21(2)13-10-14-22(3)15-11-16-23(4)17-12-19-31(9)20-18-28-26(7)29(33-27(8)32)24(5)25(6)30(28)34-31;1-20(2)12-9-13-21(3)14-10-15-22(4)16-11-18-29(8)19-17-26-25(7)27(30)23(5)24(6)28(26)31-29;1-7-20(6,21)16-10-15-19(5)14-9-13-18(4)12-8-11-17(2)3;1-5-4-8(10)6(2)7(3)9(5)11/h21-23H,10-20H2,1-9H3;20-22,30H,9-19H2,1-8H3;7,17-19,21H,1,8-16H2,2-6H3;4,10-11H,1-3H3. The zero-order chi connectivity index (χ0) is 73.5. The number of esters is 1. The molecule has 0 aliphatic carbocycles. The van der Waals surface area contributed by atoms with Crippen molar-refractivity contribution >= 4 is 5.97 Å². The van der Waals surface area contributed by atoms with E-state index >= 15 is 0 Å². The summed E-state index contributed by atoms with van der Waals surface area (Å²) < 4.78 is 18.8. The number of hydrogen-bond acceptors (Lipinski definition) is 8. The number of carbonyl (C=O) groups excluding carboxylic acids is 1. The van der Waals surface area contributed by atoms with E-state index in [4.69, 9.17) is 14.2 Å². The quantitative estimate of drug-likeness (QED) is 0.0193. The van der Waals surface area contributed by atoms with Crippen molar-refractivity contribution in [3.8, 4) is 34.5 Å². The lowest BCUT2D eigenvalue weighted by molar-refractivity contribution is -0.132. The van der Waals surface area contributed by atoms with E-state index in [9.17, 15) is 25.2 Å². The third-order valence-electron chi connectivity index (χ3n) is 22.7. The Hall–Kier alpha value is -4.17. The summed E-state index contributed by atoms with van der Waals surface area (Å²) in [4.78, 5) is 11.6. The van der Waals surface area contributed by atoms with Crippen LogP contribution in [0.3, 0.4) is 0 Å². The molecule has 0 amide bonds. The number of aliphatic hydroxyl groups is 1. The first kappa shape index (κ1) is 88.9. The van der Waals surface area contributed by atoms with Gasteiger partial charge in [-0.25, -0.2) is 0 Å². The van der Waals surface area contributed by atoms with Crippen molar-refractivity contribution in [2.45, 2.75) is 389 Å². The van der Waals surface area contributed by atoms with Crippen molar-refractivity contribution in [1.29, 1.82) is 0 Å². The molecule has 8 nitrogen and oxygen atoms in total. The molecule has 0 radical (unpaired) electrons. The second-order valence-corrected chi connectivity index (χ2v) is 34.2. The minimum absolute atomic E-state index is 0.0712. The van der Waals surface area contributed by atoms with Crippen LogP contribution in [0.5, 0.6) is 34.5 Å². The van der Waals surface area contributed by atoms with Gasteiger partial charge in [0.05, 0.1) is 5.60 Å². The Morgan fingerprint density at radius 3 is 1.14 bits per heavy atom. The number of phenolic OH excluding ortho intramolecular Hbond substituents is 3. The van der Waals surface area contributed by atoms with E-state index in [0.717, 1.165) is 166 Å². The molecule has 9 atom stereocenters. The number of aryl methyl sites for hydroxylation is 1. The molecule has 9 unspecified atom stereocenters. The summed E-state index contributed by atoms with van der Waals surface area (Å²) in [7, 11) is 0. The highest BCUT2D eigenvalue weighted by Gasteiger charge is 2.36. The van der Waals surface area contributed by atoms with Crippen LogP contribution in [0.25, 0.3) is 0 Å². The molecule has 0 saturated carbocycles. The van der Waals surface area contributed by atoms with E-state index in [0.29, 0.717) is 11.3 Å². The second-order valence-electron chi connectivity index (χ2n) is 34.2. The summed E-state index contributed by atoms with van der Waals surface area (Å²) in [5.74, 6) is 11.1. The summed E-state index contributed by atoms with van der Waals surface area (Å²) in [6, 6.07) is 1.57. The number of fused-ring (bicyclic) bond motifs is 2.